The largest absolute Gasteiger partial charge is 0.391 e. The van der Waals surface area contributed by atoms with Crippen molar-refractivity contribution in [2.75, 3.05) is 20.3 Å². The highest BCUT2D eigenvalue weighted by Gasteiger charge is 2.10. The molecule has 0 aromatic heterocycles. The Morgan fingerprint density at radius 3 is 2.71 bits per heavy atom. The zero-order valence-corrected chi connectivity index (χ0v) is 9.25. The number of hydrogen-bond acceptors (Lipinski definition) is 3. The normalized spacial score (nSPS) is 14.9. The average molecular weight is 203 g/mol. The second-order valence-corrected chi connectivity index (χ2v) is 3.50. The minimum absolute atomic E-state index is 0.0505. The molecule has 0 saturated carbocycles. The molecule has 2 unspecified atom stereocenters. The van der Waals surface area contributed by atoms with Crippen LogP contribution in [0, 0.1) is 5.92 Å². The van der Waals surface area contributed by atoms with E-state index in [1.807, 2.05) is 13.8 Å². The number of amides is 1. The van der Waals surface area contributed by atoms with Gasteiger partial charge < -0.3 is 15.2 Å². The van der Waals surface area contributed by atoms with Crippen LogP contribution < -0.4 is 5.32 Å². The summed E-state index contributed by atoms with van der Waals surface area (Å²) in [5.74, 6) is 0.103. The van der Waals surface area contributed by atoms with Crippen LogP contribution in [-0.2, 0) is 9.53 Å². The lowest BCUT2D eigenvalue weighted by Crippen LogP contribution is -2.32. The molecule has 0 heterocycles. The maximum Gasteiger partial charge on any atom is 0.222 e. The molecule has 2 atom stereocenters. The number of aliphatic hydroxyl groups is 1. The first-order valence-corrected chi connectivity index (χ1v) is 5.06. The molecule has 0 aliphatic rings. The summed E-state index contributed by atoms with van der Waals surface area (Å²) < 4.78 is 4.77. The van der Waals surface area contributed by atoms with E-state index in [0.29, 0.717) is 19.6 Å². The van der Waals surface area contributed by atoms with E-state index >= 15 is 0 Å². The molecule has 0 aliphatic heterocycles. The first kappa shape index (κ1) is 13.4. The van der Waals surface area contributed by atoms with Crippen molar-refractivity contribution in [3.05, 3.63) is 0 Å². The third kappa shape index (κ3) is 5.94. The maximum atomic E-state index is 11.3. The number of ether oxygens (including phenoxy) is 1. The predicted octanol–water partition coefficient (Wildman–Crippen LogP) is 0.546. The molecule has 0 aliphatic carbocycles. The molecule has 14 heavy (non-hydrogen) atoms. The summed E-state index contributed by atoms with van der Waals surface area (Å²) in [7, 11) is 1.54. The zero-order valence-electron chi connectivity index (χ0n) is 9.25. The molecule has 0 saturated heterocycles. The van der Waals surface area contributed by atoms with E-state index in [-0.39, 0.29) is 11.8 Å². The van der Waals surface area contributed by atoms with Gasteiger partial charge in [0.05, 0.1) is 12.7 Å². The van der Waals surface area contributed by atoms with Crippen molar-refractivity contribution in [3.63, 3.8) is 0 Å². The summed E-state index contributed by atoms with van der Waals surface area (Å²) >= 11 is 0. The van der Waals surface area contributed by atoms with E-state index in [1.54, 1.807) is 7.11 Å². The molecule has 0 fully saturated rings. The quantitative estimate of drug-likeness (QED) is 0.635. The molecular weight excluding hydrogens is 182 g/mol. The highest BCUT2D eigenvalue weighted by molar-refractivity contribution is 5.78. The smallest absolute Gasteiger partial charge is 0.222 e. The standard InChI is InChI=1S/C10H21NO3/c1-4-8(2)10(13)11-6-5-9(12)7-14-3/h8-9,12H,4-7H2,1-3H3,(H,11,13). The summed E-state index contributed by atoms with van der Waals surface area (Å²) in [5, 5.41) is 12.0. The Balaban J connectivity index is 3.48. The molecule has 4 nitrogen and oxygen atoms in total. The lowest BCUT2D eigenvalue weighted by Gasteiger charge is -2.12. The van der Waals surface area contributed by atoms with Crippen LogP contribution in [0.3, 0.4) is 0 Å². The van der Waals surface area contributed by atoms with Gasteiger partial charge >= 0.3 is 0 Å². The van der Waals surface area contributed by atoms with Gasteiger partial charge in [-0.25, -0.2) is 0 Å². The van der Waals surface area contributed by atoms with Gasteiger partial charge in [-0.15, -0.1) is 0 Å². The Hall–Kier alpha value is -0.610. The number of carbonyl (C=O) groups is 1. The number of methoxy groups -OCH3 is 1. The lowest BCUT2D eigenvalue weighted by atomic mass is 10.1. The summed E-state index contributed by atoms with van der Waals surface area (Å²) in [6.07, 6.45) is 0.889. The van der Waals surface area contributed by atoms with Crippen LogP contribution in [0.25, 0.3) is 0 Å². The van der Waals surface area contributed by atoms with Crippen LogP contribution in [0.1, 0.15) is 26.7 Å². The van der Waals surface area contributed by atoms with E-state index < -0.39 is 6.10 Å². The lowest BCUT2D eigenvalue weighted by molar-refractivity contribution is -0.124. The molecular formula is C10H21NO3. The number of carbonyl (C=O) groups excluding carboxylic acids is 1. The summed E-state index contributed by atoms with van der Waals surface area (Å²) in [5.41, 5.74) is 0. The van der Waals surface area contributed by atoms with E-state index in [1.165, 1.54) is 0 Å². The number of hydrogen-bond donors (Lipinski definition) is 2. The average Bonchev–Trinajstić information content (AvgIpc) is 2.16. The molecule has 1 amide bonds. The monoisotopic (exact) mass is 203 g/mol. The highest BCUT2D eigenvalue weighted by atomic mass is 16.5. The van der Waals surface area contributed by atoms with Crippen molar-refractivity contribution < 1.29 is 14.6 Å². The van der Waals surface area contributed by atoms with Crippen molar-refractivity contribution in [3.8, 4) is 0 Å². The fourth-order valence-electron chi connectivity index (χ4n) is 0.997. The molecule has 84 valence electrons. The fourth-order valence-corrected chi connectivity index (χ4v) is 0.997. The number of nitrogens with one attached hydrogen (secondary N) is 1. The van der Waals surface area contributed by atoms with Crippen LogP contribution in [0.4, 0.5) is 0 Å². The molecule has 0 aromatic rings. The molecule has 0 spiro atoms. The first-order valence-electron chi connectivity index (χ1n) is 5.06. The van der Waals surface area contributed by atoms with Gasteiger partial charge in [-0.2, -0.15) is 0 Å². The van der Waals surface area contributed by atoms with Gasteiger partial charge in [0, 0.05) is 19.6 Å². The van der Waals surface area contributed by atoms with Crippen molar-refractivity contribution >= 4 is 5.91 Å². The van der Waals surface area contributed by atoms with Gasteiger partial charge in [0.1, 0.15) is 0 Å². The van der Waals surface area contributed by atoms with Gasteiger partial charge in [0.15, 0.2) is 0 Å². The molecule has 0 aromatic carbocycles. The summed E-state index contributed by atoms with van der Waals surface area (Å²) in [6.45, 7) is 4.69. The Morgan fingerprint density at radius 2 is 2.21 bits per heavy atom. The second-order valence-electron chi connectivity index (χ2n) is 3.50. The molecule has 0 bridgehead atoms. The fraction of sp³-hybridized carbons (Fsp3) is 0.900. The van der Waals surface area contributed by atoms with Gasteiger partial charge in [0.2, 0.25) is 5.91 Å². The second kappa shape index (κ2) is 7.76. The molecule has 4 heteroatoms. The van der Waals surface area contributed by atoms with Crippen LogP contribution >= 0.6 is 0 Å². The van der Waals surface area contributed by atoms with E-state index in [4.69, 9.17) is 4.74 Å². The SMILES string of the molecule is CCC(C)C(=O)NCCC(O)COC. The Bertz CT molecular complexity index is 161. The maximum absolute atomic E-state index is 11.3. The van der Waals surface area contributed by atoms with Crippen molar-refractivity contribution in [1.29, 1.82) is 0 Å². The van der Waals surface area contributed by atoms with Crippen LogP contribution in [-0.4, -0.2) is 37.4 Å². The Morgan fingerprint density at radius 1 is 1.57 bits per heavy atom. The highest BCUT2D eigenvalue weighted by Crippen LogP contribution is 1.99. The number of aliphatic hydroxyl groups excluding tert-OH is 1. The Labute approximate surface area is 85.6 Å². The van der Waals surface area contributed by atoms with Crippen molar-refractivity contribution in [1.82, 2.24) is 5.32 Å². The predicted molar refractivity (Wildman–Crippen MR) is 55.0 cm³/mol. The summed E-state index contributed by atoms with van der Waals surface area (Å²) in [6, 6.07) is 0. The van der Waals surface area contributed by atoms with Gasteiger partial charge in [-0.3, -0.25) is 4.79 Å². The third-order valence-corrected chi connectivity index (χ3v) is 2.20. The van der Waals surface area contributed by atoms with Crippen molar-refractivity contribution in [2.24, 2.45) is 5.92 Å². The van der Waals surface area contributed by atoms with E-state index in [0.717, 1.165) is 6.42 Å². The molecule has 0 radical (unpaired) electrons. The first-order chi connectivity index (χ1) is 6.61. The minimum atomic E-state index is -0.489. The summed E-state index contributed by atoms with van der Waals surface area (Å²) in [4.78, 5) is 11.3. The third-order valence-electron chi connectivity index (χ3n) is 2.20. The van der Waals surface area contributed by atoms with Gasteiger partial charge in [-0.1, -0.05) is 13.8 Å². The topological polar surface area (TPSA) is 58.6 Å². The Kier molecular flexibility index (Phi) is 7.42. The van der Waals surface area contributed by atoms with Crippen LogP contribution in [0.15, 0.2) is 0 Å². The van der Waals surface area contributed by atoms with Crippen LogP contribution in [0.5, 0.6) is 0 Å². The molecule has 0 rings (SSSR count). The van der Waals surface area contributed by atoms with Crippen LogP contribution in [0.2, 0.25) is 0 Å². The van der Waals surface area contributed by atoms with E-state index in [9.17, 15) is 9.90 Å². The minimum Gasteiger partial charge on any atom is -0.391 e. The number of rotatable bonds is 7. The van der Waals surface area contributed by atoms with Gasteiger partial charge in [-0.05, 0) is 12.8 Å². The van der Waals surface area contributed by atoms with Crippen molar-refractivity contribution in [2.45, 2.75) is 32.8 Å². The zero-order chi connectivity index (χ0) is 11.0. The molecule has 2 N–H and O–H groups in total. The van der Waals surface area contributed by atoms with Gasteiger partial charge in [0.25, 0.3) is 0 Å². The van der Waals surface area contributed by atoms with E-state index in [2.05, 4.69) is 5.32 Å².